The van der Waals surface area contributed by atoms with Crippen molar-refractivity contribution in [1.29, 1.82) is 0 Å². The third-order valence-electron chi connectivity index (χ3n) is 3.53. The normalized spacial score (nSPS) is 12.2. The Morgan fingerprint density at radius 1 is 1.26 bits per heavy atom. The first-order valence-electron chi connectivity index (χ1n) is 7.30. The zero-order valence-electron chi connectivity index (χ0n) is 12.8. The highest BCUT2D eigenvalue weighted by atomic mass is 16.5. The molecule has 1 aromatic rings. The minimum Gasteiger partial charge on any atom is -0.495 e. The Labute approximate surface area is 118 Å². The second kappa shape index (κ2) is 8.81. The summed E-state index contributed by atoms with van der Waals surface area (Å²) in [6.45, 7) is 6.53. The van der Waals surface area contributed by atoms with Gasteiger partial charge in [-0.05, 0) is 37.9 Å². The topological polar surface area (TPSA) is 24.5 Å². The van der Waals surface area contributed by atoms with Gasteiger partial charge in [0.1, 0.15) is 5.75 Å². The van der Waals surface area contributed by atoms with E-state index in [2.05, 4.69) is 43.2 Å². The summed E-state index contributed by atoms with van der Waals surface area (Å²) in [5.74, 6) is 0.948. The first-order valence-corrected chi connectivity index (χ1v) is 7.30. The van der Waals surface area contributed by atoms with E-state index in [1.807, 2.05) is 12.1 Å². The molecule has 0 aromatic heterocycles. The zero-order chi connectivity index (χ0) is 14.1. The lowest BCUT2D eigenvalue weighted by Crippen LogP contribution is -2.29. The van der Waals surface area contributed by atoms with Crippen LogP contribution in [-0.4, -0.2) is 33.3 Å². The van der Waals surface area contributed by atoms with E-state index < -0.39 is 0 Å². The maximum atomic E-state index is 5.40. The summed E-state index contributed by atoms with van der Waals surface area (Å²) >= 11 is 0. The van der Waals surface area contributed by atoms with Gasteiger partial charge in [0.05, 0.1) is 12.8 Å². The summed E-state index contributed by atoms with van der Waals surface area (Å²) in [4.78, 5) is 2.28. The van der Waals surface area contributed by atoms with E-state index in [1.54, 1.807) is 7.11 Å². The lowest BCUT2D eigenvalue weighted by atomic mass is 10.1. The molecule has 1 N–H and O–H groups in total. The molecule has 1 atom stereocenters. The quantitative estimate of drug-likeness (QED) is 0.740. The van der Waals surface area contributed by atoms with E-state index in [9.17, 15) is 0 Å². The molecule has 19 heavy (non-hydrogen) atoms. The molecule has 0 heterocycles. The second-order valence-electron chi connectivity index (χ2n) is 4.90. The van der Waals surface area contributed by atoms with Crippen LogP contribution >= 0.6 is 0 Å². The molecule has 0 aliphatic rings. The number of para-hydroxylation sites is 2. The maximum Gasteiger partial charge on any atom is 0.142 e. The summed E-state index contributed by atoms with van der Waals surface area (Å²) in [7, 11) is 3.86. The minimum absolute atomic E-state index is 0.649. The summed E-state index contributed by atoms with van der Waals surface area (Å²) in [5.41, 5.74) is 1.17. The van der Waals surface area contributed by atoms with Crippen LogP contribution in [0.25, 0.3) is 0 Å². The molecule has 0 radical (unpaired) electrons. The van der Waals surface area contributed by atoms with Gasteiger partial charge in [-0.3, -0.25) is 0 Å². The fraction of sp³-hybridized carbons (Fsp3) is 0.625. The monoisotopic (exact) mass is 264 g/mol. The van der Waals surface area contributed by atoms with Gasteiger partial charge < -0.3 is 15.0 Å². The van der Waals surface area contributed by atoms with Crippen LogP contribution in [0.15, 0.2) is 24.3 Å². The highest BCUT2D eigenvalue weighted by Crippen LogP contribution is 2.26. The van der Waals surface area contributed by atoms with Crippen LogP contribution < -0.4 is 15.0 Å². The van der Waals surface area contributed by atoms with Crippen molar-refractivity contribution >= 4 is 5.69 Å². The average Bonchev–Trinajstić information content (AvgIpc) is 2.46. The van der Waals surface area contributed by atoms with Gasteiger partial charge in [-0.25, -0.2) is 0 Å². The first-order chi connectivity index (χ1) is 9.22. The van der Waals surface area contributed by atoms with Crippen molar-refractivity contribution in [3.05, 3.63) is 24.3 Å². The number of benzene rings is 1. The summed E-state index contributed by atoms with van der Waals surface area (Å²) in [6.07, 6.45) is 3.62. The van der Waals surface area contributed by atoms with Gasteiger partial charge >= 0.3 is 0 Å². The van der Waals surface area contributed by atoms with Crippen molar-refractivity contribution in [2.75, 3.05) is 32.1 Å². The highest BCUT2D eigenvalue weighted by molar-refractivity contribution is 5.57. The Morgan fingerprint density at radius 3 is 2.63 bits per heavy atom. The van der Waals surface area contributed by atoms with Crippen molar-refractivity contribution in [3.8, 4) is 5.75 Å². The van der Waals surface area contributed by atoms with Crippen molar-refractivity contribution in [2.45, 2.75) is 39.2 Å². The van der Waals surface area contributed by atoms with Gasteiger partial charge in [0.2, 0.25) is 0 Å². The number of nitrogens with one attached hydrogen (secondary N) is 1. The largest absolute Gasteiger partial charge is 0.495 e. The van der Waals surface area contributed by atoms with Gasteiger partial charge in [-0.1, -0.05) is 26.0 Å². The van der Waals surface area contributed by atoms with Crippen molar-refractivity contribution in [1.82, 2.24) is 5.32 Å². The van der Waals surface area contributed by atoms with E-state index in [0.29, 0.717) is 6.04 Å². The second-order valence-corrected chi connectivity index (χ2v) is 4.90. The number of anilines is 1. The summed E-state index contributed by atoms with van der Waals surface area (Å²) in [6, 6.07) is 8.84. The predicted molar refractivity (Wildman–Crippen MR) is 83.3 cm³/mol. The minimum atomic E-state index is 0.649. The van der Waals surface area contributed by atoms with Crippen LogP contribution in [0.3, 0.4) is 0 Å². The SMILES string of the molecule is CCNC(CC)CCCN(C)c1ccccc1OC. The molecule has 1 unspecified atom stereocenters. The third kappa shape index (κ3) is 5.11. The van der Waals surface area contributed by atoms with Crippen LogP contribution in [0.4, 0.5) is 5.69 Å². The van der Waals surface area contributed by atoms with Crippen LogP contribution in [0.5, 0.6) is 5.75 Å². The molecular formula is C16H28N2O. The molecule has 0 saturated heterocycles. The smallest absolute Gasteiger partial charge is 0.142 e. The van der Waals surface area contributed by atoms with Crippen LogP contribution in [0.2, 0.25) is 0 Å². The maximum absolute atomic E-state index is 5.40. The number of rotatable bonds is 9. The number of nitrogens with zero attached hydrogens (tertiary/aromatic N) is 1. The Bertz CT molecular complexity index is 354. The molecule has 0 bridgehead atoms. The molecule has 0 aliphatic carbocycles. The standard InChI is InChI=1S/C16H28N2O/c1-5-14(17-6-2)10-9-13-18(3)15-11-7-8-12-16(15)19-4/h7-8,11-12,14,17H,5-6,9-10,13H2,1-4H3. The Balaban J connectivity index is 2.44. The van der Waals surface area contributed by atoms with E-state index in [4.69, 9.17) is 4.74 Å². The van der Waals surface area contributed by atoms with Crippen LogP contribution in [0, 0.1) is 0 Å². The van der Waals surface area contributed by atoms with E-state index in [0.717, 1.165) is 18.8 Å². The highest BCUT2D eigenvalue weighted by Gasteiger charge is 2.08. The fourth-order valence-electron chi connectivity index (χ4n) is 2.38. The molecule has 108 valence electrons. The molecule has 0 amide bonds. The first kappa shape index (κ1) is 15.8. The molecule has 0 fully saturated rings. The van der Waals surface area contributed by atoms with Gasteiger partial charge in [0.15, 0.2) is 0 Å². The van der Waals surface area contributed by atoms with E-state index in [-0.39, 0.29) is 0 Å². The van der Waals surface area contributed by atoms with Gasteiger partial charge in [-0.15, -0.1) is 0 Å². The Morgan fingerprint density at radius 2 is 2.00 bits per heavy atom. The summed E-state index contributed by atoms with van der Waals surface area (Å²) < 4.78 is 5.40. The van der Waals surface area contributed by atoms with Crippen LogP contribution in [-0.2, 0) is 0 Å². The fourth-order valence-corrected chi connectivity index (χ4v) is 2.38. The Kier molecular flexibility index (Phi) is 7.34. The van der Waals surface area contributed by atoms with Gasteiger partial charge in [-0.2, -0.15) is 0 Å². The lowest BCUT2D eigenvalue weighted by molar-refractivity contribution is 0.414. The molecule has 0 saturated carbocycles. The predicted octanol–water partition coefficient (Wildman–Crippen LogP) is 3.30. The Hall–Kier alpha value is -1.22. The molecule has 1 rings (SSSR count). The molecule has 0 aliphatic heterocycles. The number of ether oxygens (including phenoxy) is 1. The van der Waals surface area contributed by atoms with Crippen LogP contribution in [0.1, 0.15) is 33.1 Å². The number of methoxy groups -OCH3 is 1. The van der Waals surface area contributed by atoms with E-state index >= 15 is 0 Å². The van der Waals surface area contributed by atoms with Gasteiger partial charge in [0.25, 0.3) is 0 Å². The lowest BCUT2D eigenvalue weighted by Gasteiger charge is -2.23. The zero-order valence-corrected chi connectivity index (χ0v) is 12.8. The van der Waals surface area contributed by atoms with Gasteiger partial charge in [0, 0.05) is 19.6 Å². The molecule has 3 nitrogen and oxygen atoms in total. The average molecular weight is 264 g/mol. The van der Waals surface area contributed by atoms with Crippen molar-refractivity contribution < 1.29 is 4.74 Å². The molecule has 1 aromatic carbocycles. The van der Waals surface area contributed by atoms with Crippen molar-refractivity contribution in [2.24, 2.45) is 0 Å². The number of hydrogen-bond acceptors (Lipinski definition) is 3. The number of hydrogen-bond donors (Lipinski definition) is 1. The summed E-state index contributed by atoms with van der Waals surface area (Å²) in [5, 5.41) is 3.53. The third-order valence-corrected chi connectivity index (χ3v) is 3.53. The molecule has 0 spiro atoms. The molecular weight excluding hydrogens is 236 g/mol. The van der Waals surface area contributed by atoms with Crippen molar-refractivity contribution in [3.63, 3.8) is 0 Å². The van der Waals surface area contributed by atoms with E-state index in [1.165, 1.54) is 24.9 Å². The molecule has 3 heteroatoms.